The molecule has 1 heterocycles. The van der Waals surface area contributed by atoms with Crippen molar-refractivity contribution in [1.82, 2.24) is 4.98 Å². The molecule has 0 bridgehead atoms. The monoisotopic (exact) mass is 516 g/mol. The summed E-state index contributed by atoms with van der Waals surface area (Å²) >= 11 is 1.68. The Hall–Kier alpha value is -3.88. The number of amidine groups is 1. The van der Waals surface area contributed by atoms with Gasteiger partial charge in [-0.25, -0.2) is 4.98 Å². The fourth-order valence-electron chi connectivity index (χ4n) is 3.86. The van der Waals surface area contributed by atoms with Crippen LogP contribution in [0.25, 0.3) is 11.3 Å². The second kappa shape index (κ2) is 13.4. The molecule has 0 amide bonds. The van der Waals surface area contributed by atoms with Crippen molar-refractivity contribution in [2.45, 2.75) is 32.2 Å². The van der Waals surface area contributed by atoms with Crippen molar-refractivity contribution in [3.8, 4) is 22.8 Å². The highest BCUT2D eigenvalue weighted by Crippen LogP contribution is 2.31. The van der Waals surface area contributed by atoms with E-state index in [1.54, 1.807) is 23.5 Å². The zero-order valence-corrected chi connectivity index (χ0v) is 21.5. The highest BCUT2D eigenvalue weighted by atomic mass is 32.1. The third-order valence-corrected chi connectivity index (χ3v) is 6.91. The van der Waals surface area contributed by atoms with E-state index in [9.17, 15) is 0 Å². The van der Waals surface area contributed by atoms with Gasteiger partial charge in [-0.3, -0.25) is 0 Å². The van der Waals surface area contributed by atoms with Gasteiger partial charge in [0.05, 0.1) is 18.9 Å². The summed E-state index contributed by atoms with van der Waals surface area (Å²) in [5.41, 5.74) is 15.4. The standard InChI is InChI=1S/C29H32N4O3S/c30-20-27-32-28(26(37-27)19-21-7-3-1-4-8-21)22-9-13-24(14-10-22)35-17-5-2-6-18-36-25-15-11-23(12-16-25)29(31)33-34/h1,3-4,7-16,34H,2,5-6,17-20,30H2,(H2,31,33). The summed E-state index contributed by atoms with van der Waals surface area (Å²) < 4.78 is 11.7. The van der Waals surface area contributed by atoms with Gasteiger partial charge < -0.3 is 26.1 Å². The number of nitrogens with two attached hydrogens (primary N) is 2. The number of hydrogen-bond acceptors (Lipinski definition) is 7. The van der Waals surface area contributed by atoms with Gasteiger partial charge in [0.15, 0.2) is 5.84 Å². The quantitative estimate of drug-likeness (QED) is 0.0702. The van der Waals surface area contributed by atoms with Crippen LogP contribution in [0.2, 0.25) is 0 Å². The molecular weight excluding hydrogens is 484 g/mol. The summed E-state index contributed by atoms with van der Waals surface area (Å²) in [6.07, 6.45) is 3.72. The van der Waals surface area contributed by atoms with E-state index in [4.69, 9.17) is 31.1 Å². The highest BCUT2D eigenvalue weighted by Gasteiger charge is 2.13. The molecule has 0 fully saturated rings. The van der Waals surface area contributed by atoms with E-state index in [2.05, 4.69) is 41.6 Å². The van der Waals surface area contributed by atoms with Crippen molar-refractivity contribution in [2.75, 3.05) is 13.2 Å². The smallest absolute Gasteiger partial charge is 0.170 e. The second-order valence-electron chi connectivity index (χ2n) is 8.54. The van der Waals surface area contributed by atoms with Crippen molar-refractivity contribution in [2.24, 2.45) is 16.6 Å². The van der Waals surface area contributed by atoms with Crippen LogP contribution >= 0.6 is 11.3 Å². The van der Waals surface area contributed by atoms with Crippen molar-refractivity contribution >= 4 is 17.2 Å². The molecule has 0 spiro atoms. The van der Waals surface area contributed by atoms with Crippen LogP contribution in [0.3, 0.4) is 0 Å². The Morgan fingerprint density at radius 2 is 1.46 bits per heavy atom. The summed E-state index contributed by atoms with van der Waals surface area (Å²) in [5, 5.41) is 12.7. The zero-order chi connectivity index (χ0) is 25.9. The number of oxime groups is 1. The zero-order valence-electron chi connectivity index (χ0n) is 20.7. The number of nitrogens with zero attached hydrogens (tertiary/aromatic N) is 2. The van der Waals surface area contributed by atoms with Crippen LogP contribution in [0, 0.1) is 0 Å². The largest absolute Gasteiger partial charge is 0.494 e. The molecule has 0 radical (unpaired) electrons. The lowest BCUT2D eigenvalue weighted by Crippen LogP contribution is -2.12. The number of aromatic nitrogens is 1. The van der Waals surface area contributed by atoms with Crippen LogP contribution in [-0.2, 0) is 13.0 Å². The van der Waals surface area contributed by atoms with Crippen LogP contribution in [0.5, 0.6) is 11.5 Å². The second-order valence-corrected chi connectivity index (χ2v) is 9.71. The van der Waals surface area contributed by atoms with Crippen molar-refractivity contribution < 1.29 is 14.7 Å². The normalized spacial score (nSPS) is 11.4. The maximum Gasteiger partial charge on any atom is 0.170 e. The molecule has 3 aromatic carbocycles. The average Bonchev–Trinajstić information content (AvgIpc) is 3.36. The van der Waals surface area contributed by atoms with E-state index in [-0.39, 0.29) is 5.84 Å². The van der Waals surface area contributed by atoms with E-state index in [1.165, 1.54) is 10.4 Å². The van der Waals surface area contributed by atoms with Crippen LogP contribution in [0.1, 0.15) is 40.3 Å². The molecule has 5 N–H and O–H groups in total. The van der Waals surface area contributed by atoms with E-state index >= 15 is 0 Å². The summed E-state index contributed by atoms with van der Waals surface area (Å²) in [6.45, 7) is 1.72. The molecule has 0 saturated carbocycles. The van der Waals surface area contributed by atoms with E-state index in [0.29, 0.717) is 25.3 Å². The molecule has 7 nitrogen and oxygen atoms in total. The molecule has 1 aromatic heterocycles. The molecule has 0 aliphatic carbocycles. The lowest BCUT2D eigenvalue weighted by molar-refractivity contribution is 0.279. The molecule has 4 aromatic rings. The van der Waals surface area contributed by atoms with Gasteiger partial charge in [-0.2, -0.15) is 0 Å². The summed E-state index contributed by atoms with van der Waals surface area (Å²) in [7, 11) is 0. The van der Waals surface area contributed by atoms with E-state index < -0.39 is 0 Å². The number of rotatable bonds is 13. The molecule has 4 rings (SSSR count). The van der Waals surface area contributed by atoms with Crippen molar-refractivity contribution in [3.63, 3.8) is 0 Å². The molecule has 0 aliphatic rings. The maximum absolute atomic E-state index is 8.71. The first-order valence-corrected chi connectivity index (χ1v) is 13.1. The Kier molecular flexibility index (Phi) is 9.51. The molecule has 0 aliphatic heterocycles. The van der Waals surface area contributed by atoms with Gasteiger partial charge in [-0.05, 0) is 73.4 Å². The minimum absolute atomic E-state index is 0.0814. The highest BCUT2D eigenvalue weighted by molar-refractivity contribution is 7.12. The SMILES string of the molecule is NCc1nc(-c2ccc(OCCCCCOc3ccc(C(N)=NO)cc3)cc2)c(Cc2ccccc2)s1. The van der Waals surface area contributed by atoms with Gasteiger partial charge in [0.2, 0.25) is 0 Å². The maximum atomic E-state index is 8.71. The first-order valence-electron chi connectivity index (χ1n) is 12.3. The van der Waals surface area contributed by atoms with Gasteiger partial charge in [-0.1, -0.05) is 35.5 Å². The Balaban J connectivity index is 1.20. The van der Waals surface area contributed by atoms with Gasteiger partial charge in [0, 0.05) is 29.0 Å². The third-order valence-electron chi connectivity index (χ3n) is 5.84. The average molecular weight is 517 g/mol. The number of benzene rings is 3. The lowest BCUT2D eigenvalue weighted by Gasteiger charge is -2.09. The number of hydrogen-bond donors (Lipinski definition) is 3. The number of unbranched alkanes of at least 4 members (excludes halogenated alkanes) is 2. The predicted octanol–water partition coefficient (Wildman–Crippen LogP) is 5.58. The minimum Gasteiger partial charge on any atom is -0.494 e. The minimum atomic E-state index is 0.0814. The summed E-state index contributed by atoms with van der Waals surface area (Å²) in [4.78, 5) is 6.01. The first-order chi connectivity index (χ1) is 18.2. The molecule has 0 atom stereocenters. The van der Waals surface area contributed by atoms with Crippen molar-refractivity contribution in [1.29, 1.82) is 0 Å². The van der Waals surface area contributed by atoms with Crippen LogP contribution in [0.4, 0.5) is 0 Å². The van der Waals surface area contributed by atoms with E-state index in [1.807, 2.05) is 30.3 Å². The van der Waals surface area contributed by atoms with E-state index in [0.717, 1.165) is 53.4 Å². The Morgan fingerprint density at radius 1 is 0.838 bits per heavy atom. The Bertz CT molecular complexity index is 1270. The number of thiazole rings is 1. The van der Waals surface area contributed by atoms with Gasteiger partial charge in [-0.15, -0.1) is 11.3 Å². The Labute approximate surface area is 221 Å². The molecule has 192 valence electrons. The van der Waals surface area contributed by atoms with Gasteiger partial charge in [0.1, 0.15) is 16.5 Å². The van der Waals surface area contributed by atoms with Gasteiger partial charge >= 0.3 is 0 Å². The summed E-state index contributed by atoms with van der Waals surface area (Å²) in [6, 6.07) is 25.7. The van der Waals surface area contributed by atoms with Crippen LogP contribution in [-0.4, -0.2) is 29.2 Å². The van der Waals surface area contributed by atoms with Crippen molar-refractivity contribution in [3.05, 3.63) is 99.9 Å². The molecule has 37 heavy (non-hydrogen) atoms. The predicted molar refractivity (Wildman–Crippen MR) is 148 cm³/mol. The fourth-order valence-corrected chi connectivity index (χ4v) is 4.87. The van der Waals surface area contributed by atoms with Gasteiger partial charge in [0.25, 0.3) is 0 Å². The van der Waals surface area contributed by atoms with Crippen LogP contribution < -0.4 is 20.9 Å². The molecule has 8 heteroatoms. The van der Waals surface area contributed by atoms with Crippen LogP contribution in [0.15, 0.2) is 84.0 Å². The number of ether oxygens (including phenoxy) is 2. The third kappa shape index (κ3) is 7.55. The summed E-state index contributed by atoms with van der Waals surface area (Å²) in [5.74, 6) is 1.69. The first kappa shape index (κ1) is 26.2. The Morgan fingerprint density at radius 3 is 2.05 bits per heavy atom. The topological polar surface area (TPSA) is 116 Å². The molecule has 0 saturated heterocycles. The fraction of sp³-hybridized carbons (Fsp3) is 0.241. The molecular formula is C29H32N4O3S. The molecule has 0 unspecified atom stereocenters. The lowest BCUT2D eigenvalue weighted by atomic mass is 10.1.